The van der Waals surface area contributed by atoms with E-state index in [0.717, 1.165) is 34.4 Å². The Balaban J connectivity index is 2.33. The lowest BCUT2D eigenvalue weighted by Crippen LogP contribution is -1.91. The van der Waals surface area contributed by atoms with Gasteiger partial charge in [0.1, 0.15) is 6.07 Å². The van der Waals surface area contributed by atoms with E-state index in [0.29, 0.717) is 15.6 Å². The third-order valence-electron chi connectivity index (χ3n) is 3.85. The van der Waals surface area contributed by atoms with Gasteiger partial charge in [-0.05, 0) is 35.7 Å². The van der Waals surface area contributed by atoms with Gasteiger partial charge in [0.05, 0.1) is 5.56 Å². The van der Waals surface area contributed by atoms with E-state index < -0.39 is 0 Å². The van der Waals surface area contributed by atoms with Crippen LogP contribution in [0.5, 0.6) is 0 Å². The van der Waals surface area contributed by atoms with Crippen LogP contribution in [0.25, 0.3) is 22.3 Å². The Bertz CT molecular complexity index is 904. The van der Waals surface area contributed by atoms with Gasteiger partial charge in [-0.1, -0.05) is 54.4 Å². The van der Waals surface area contributed by atoms with Gasteiger partial charge in [0, 0.05) is 33.1 Å². The quantitative estimate of drug-likeness (QED) is 0.615. The Morgan fingerprint density at radius 2 is 1.83 bits per heavy atom. The Morgan fingerprint density at radius 1 is 1.04 bits per heavy atom. The predicted octanol–water partition coefficient (Wildman–Crippen LogP) is 6.09. The molecule has 3 rings (SSSR count). The lowest BCUT2D eigenvalue weighted by Gasteiger charge is -2.13. The van der Waals surface area contributed by atoms with Gasteiger partial charge in [-0.3, -0.25) is 0 Å². The molecule has 2 aromatic carbocycles. The number of nitrogens with zero attached hydrogens (tertiary/aromatic N) is 1. The lowest BCUT2D eigenvalue weighted by atomic mass is 9.92. The maximum atomic E-state index is 9.44. The van der Waals surface area contributed by atoms with Crippen LogP contribution < -0.4 is 0 Å². The van der Waals surface area contributed by atoms with Gasteiger partial charge >= 0.3 is 0 Å². The van der Waals surface area contributed by atoms with Gasteiger partial charge in [-0.25, -0.2) is 0 Å². The van der Waals surface area contributed by atoms with Crippen molar-refractivity contribution in [3.8, 4) is 28.3 Å². The third kappa shape index (κ3) is 2.86. The molecule has 1 N–H and O–H groups in total. The summed E-state index contributed by atoms with van der Waals surface area (Å²) in [6.07, 6.45) is 2.56. The van der Waals surface area contributed by atoms with Crippen LogP contribution in [0.3, 0.4) is 0 Å². The zero-order valence-corrected chi connectivity index (χ0v) is 14.0. The van der Waals surface area contributed by atoms with Crippen molar-refractivity contribution in [2.45, 2.75) is 13.3 Å². The molecule has 0 spiro atoms. The van der Waals surface area contributed by atoms with Crippen molar-refractivity contribution < 1.29 is 0 Å². The fraction of sp³-hybridized carbons (Fsp3) is 0.105. The summed E-state index contributed by atoms with van der Waals surface area (Å²) in [5, 5.41) is 10.7. The highest BCUT2D eigenvalue weighted by Gasteiger charge is 2.17. The molecule has 0 fully saturated rings. The van der Waals surface area contributed by atoms with Crippen LogP contribution in [0.15, 0.2) is 48.7 Å². The van der Waals surface area contributed by atoms with E-state index in [-0.39, 0.29) is 0 Å². The number of rotatable bonds is 3. The number of hydrogen-bond acceptors (Lipinski definition) is 1. The van der Waals surface area contributed by atoms with Crippen LogP contribution in [0.4, 0.5) is 0 Å². The van der Waals surface area contributed by atoms with Crippen molar-refractivity contribution >= 4 is 23.2 Å². The summed E-state index contributed by atoms with van der Waals surface area (Å²) in [6, 6.07) is 15.6. The van der Waals surface area contributed by atoms with E-state index in [2.05, 4.69) is 18.0 Å². The summed E-state index contributed by atoms with van der Waals surface area (Å²) in [7, 11) is 0. The highest BCUT2D eigenvalue weighted by Crippen LogP contribution is 2.40. The number of aromatic nitrogens is 1. The second kappa shape index (κ2) is 6.50. The Kier molecular flexibility index (Phi) is 4.43. The second-order valence-corrected chi connectivity index (χ2v) is 6.03. The molecule has 0 aliphatic rings. The van der Waals surface area contributed by atoms with Crippen LogP contribution in [0, 0.1) is 11.3 Å². The molecule has 1 heterocycles. The molecular weight excluding hydrogens is 327 g/mol. The lowest BCUT2D eigenvalue weighted by molar-refractivity contribution is 1.07. The minimum atomic E-state index is 0.623. The zero-order valence-electron chi connectivity index (χ0n) is 12.5. The molecule has 0 bridgehead atoms. The monoisotopic (exact) mass is 340 g/mol. The van der Waals surface area contributed by atoms with Crippen LogP contribution in [-0.2, 0) is 6.42 Å². The van der Waals surface area contributed by atoms with E-state index in [1.54, 1.807) is 6.20 Å². The van der Waals surface area contributed by atoms with Crippen LogP contribution in [0.2, 0.25) is 10.0 Å². The van der Waals surface area contributed by atoms with Gasteiger partial charge in [0.25, 0.3) is 0 Å². The summed E-state index contributed by atoms with van der Waals surface area (Å²) < 4.78 is 0. The van der Waals surface area contributed by atoms with Crippen molar-refractivity contribution in [1.29, 1.82) is 5.26 Å². The molecule has 0 atom stereocenters. The van der Waals surface area contributed by atoms with Gasteiger partial charge in [0.2, 0.25) is 0 Å². The number of nitrogens with one attached hydrogen (secondary N) is 1. The summed E-state index contributed by atoms with van der Waals surface area (Å²) in [6.45, 7) is 2.06. The third-order valence-corrected chi connectivity index (χ3v) is 4.42. The van der Waals surface area contributed by atoms with Gasteiger partial charge < -0.3 is 4.98 Å². The summed E-state index contributed by atoms with van der Waals surface area (Å²) in [5.74, 6) is 0. The van der Waals surface area contributed by atoms with E-state index in [4.69, 9.17) is 23.2 Å². The maximum absolute atomic E-state index is 9.44. The van der Waals surface area contributed by atoms with Crippen LogP contribution in [0.1, 0.15) is 18.2 Å². The Labute approximate surface area is 145 Å². The second-order valence-electron chi connectivity index (χ2n) is 5.19. The molecule has 114 valence electrons. The fourth-order valence-electron chi connectivity index (χ4n) is 2.78. The van der Waals surface area contributed by atoms with Crippen LogP contribution >= 0.6 is 23.2 Å². The maximum Gasteiger partial charge on any atom is 0.101 e. The summed E-state index contributed by atoms with van der Waals surface area (Å²) in [4.78, 5) is 3.19. The van der Waals surface area contributed by atoms with E-state index in [9.17, 15) is 5.26 Å². The van der Waals surface area contributed by atoms with E-state index >= 15 is 0 Å². The van der Waals surface area contributed by atoms with E-state index in [1.165, 1.54) is 0 Å². The zero-order chi connectivity index (χ0) is 16.4. The SMILES string of the molecule is CCc1[nH]cc(C#N)c1-c1ccc(Cl)cc1-c1ccccc1Cl. The highest BCUT2D eigenvalue weighted by molar-refractivity contribution is 6.34. The standard InChI is InChI=1S/C19H14Cl2N2/c1-2-18-19(12(10-22)11-23-18)15-8-7-13(20)9-16(15)14-5-3-4-6-17(14)21/h3-9,11,23H,2H2,1H3. The van der Waals surface area contributed by atoms with Gasteiger partial charge in [0.15, 0.2) is 0 Å². The van der Waals surface area contributed by atoms with Crippen molar-refractivity contribution in [2.24, 2.45) is 0 Å². The smallest absolute Gasteiger partial charge is 0.101 e. The molecule has 0 unspecified atom stereocenters. The Morgan fingerprint density at radius 3 is 2.52 bits per heavy atom. The molecule has 4 heteroatoms. The first-order chi connectivity index (χ1) is 11.2. The van der Waals surface area contributed by atoms with Crippen LogP contribution in [-0.4, -0.2) is 4.98 Å². The minimum absolute atomic E-state index is 0.623. The average Bonchev–Trinajstić information content (AvgIpc) is 2.98. The van der Waals surface area contributed by atoms with E-state index in [1.807, 2.05) is 42.5 Å². The number of hydrogen-bond donors (Lipinski definition) is 1. The predicted molar refractivity (Wildman–Crippen MR) is 95.8 cm³/mol. The topological polar surface area (TPSA) is 39.6 Å². The number of halogens is 2. The molecule has 0 aliphatic heterocycles. The average molecular weight is 341 g/mol. The normalized spacial score (nSPS) is 10.5. The molecule has 0 radical (unpaired) electrons. The summed E-state index contributed by atoms with van der Waals surface area (Å²) >= 11 is 12.6. The first-order valence-corrected chi connectivity index (χ1v) is 8.06. The first-order valence-electron chi connectivity index (χ1n) is 7.30. The number of nitriles is 1. The largest absolute Gasteiger partial charge is 0.363 e. The molecule has 0 aliphatic carbocycles. The van der Waals surface area contributed by atoms with Crippen molar-refractivity contribution in [3.05, 3.63) is 70.0 Å². The first kappa shape index (κ1) is 15.7. The molecule has 0 saturated heterocycles. The number of aromatic amines is 1. The highest BCUT2D eigenvalue weighted by atomic mass is 35.5. The number of H-pyrrole nitrogens is 1. The van der Waals surface area contributed by atoms with Gasteiger partial charge in [-0.15, -0.1) is 0 Å². The molecule has 1 aromatic heterocycles. The number of aryl methyl sites for hydroxylation is 1. The molecule has 23 heavy (non-hydrogen) atoms. The molecule has 0 saturated carbocycles. The van der Waals surface area contributed by atoms with Gasteiger partial charge in [-0.2, -0.15) is 5.26 Å². The molecular formula is C19H14Cl2N2. The summed E-state index contributed by atoms with van der Waals surface area (Å²) in [5.41, 5.74) is 5.35. The Hall–Kier alpha value is -2.21. The minimum Gasteiger partial charge on any atom is -0.363 e. The molecule has 2 nitrogen and oxygen atoms in total. The molecule has 3 aromatic rings. The number of benzene rings is 2. The molecule has 0 amide bonds. The van der Waals surface area contributed by atoms with Crippen molar-refractivity contribution in [1.82, 2.24) is 4.98 Å². The fourth-order valence-corrected chi connectivity index (χ4v) is 3.19. The van der Waals surface area contributed by atoms with Crippen molar-refractivity contribution in [2.75, 3.05) is 0 Å². The van der Waals surface area contributed by atoms with Crippen molar-refractivity contribution in [3.63, 3.8) is 0 Å².